The van der Waals surface area contributed by atoms with Crippen molar-refractivity contribution in [1.29, 1.82) is 0 Å². The highest BCUT2D eigenvalue weighted by Crippen LogP contribution is 2.35. The number of nitrogens with zero attached hydrogens (tertiary/aromatic N) is 5. The zero-order valence-corrected chi connectivity index (χ0v) is 19.6. The minimum absolute atomic E-state index is 0.0591. The Hall–Kier alpha value is -3.13. The predicted octanol–water partition coefficient (Wildman–Crippen LogP) is 3.97. The van der Waals surface area contributed by atoms with Gasteiger partial charge in [0.2, 0.25) is 5.96 Å². The zero-order chi connectivity index (χ0) is 22.4. The van der Waals surface area contributed by atoms with Crippen LogP contribution in [0.3, 0.4) is 0 Å². The van der Waals surface area contributed by atoms with Crippen LogP contribution < -0.4 is 4.90 Å². The molecule has 0 bridgehead atoms. The second-order valence-corrected chi connectivity index (χ2v) is 8.90. The van der Waals surface area contributed by atoms with E-state index in [1.165, 1.54) is 5.56 Å². The van der Waals surface area contributed by atoms with Crippen LogP contribution in [0.2, 0.25) is 0 Å². The number of aliphatic imine (C=N–C) groups is 1. The van der Waals surface area contributed by atoms with E-state index < -0.39 is 0 Å². The summed E-state index contributed by atoms with van der Waals surface area (Å²) in [5.41, 5.74) is 3.57. The van der Waals surface area contributed by atoms with E-state index in [1.807, 2.05) is 48.7 Å². The molecule has 3 aromatic rings. The summed E-state index contributed by atoms with van der Waals surface area (Å²) in [6, 6.07) is 15.8. The predicted molar refractivity (Wildman–Crippen MR) is 127 cm³/mol. The van der Waals surface area contributed by atoms with Gasteiger partial charge in [0.05, 0.1) is 19.1 Å². The van der Waals surface area contributed by atoms with Crippen molar-refractivity contribution in [1.82, 2.24) is 14.5 Å². The van der Waals surface area contributed by atoms with Crippen LogP contribution in [-0.2, 0) is 13.0 Å². The van der Waals surface area contributed by atoms with Crippen molar-refractivity contribution < 1.29 is 9.90 Å². The van der Waals surface area contributed by atoms with Gasteiger partial charge in [-0.3, -0.25) is 14.6 Å². The molecule has 1 atom stereocenters. The largest absolute Gasteiger partial charge is 0.508 e. The van der Waals surface area contributed by atoms with Crippen LogP contribution in [0.5, 0.6) is 5.75 Å². The van der Waals surface area contributed by atoms with E-state index in [0.717, 1.165) is 17.5 Å². The van der Waals surface area contributed by atoms with E-state index in [0.29, 0.717) is 41.8 Å². The summed E-state index contributed by atoms with van der Waals surface area (Å²) in [4.78, 5) is 26.9. The van der Waals surface area contributed by atoms with Crippen LogP contribution in [0.4, 0.5) is 5.82 Å². The first-order chi connectivity index (χ1) is 15.5. The Kier molecular flexibility index (Phi) is 5.25. The average Bonchev–Trinajstić information content (AvgIpc) is 3.33. The number of fused-ring (bicyclic) bond motifs is 3. The van der Waals surface area contributed by atoms with E-state index in [4.69, 9.17) is 9.98 Å². The smallest absolute Gasteiger partial charge is 0.281 e. The Labute approximate surface area is 195 Å². The first-order valence-electron chi connectivity index (χ1n) is 10.7. The average molecular weight is 494 g/mol. The van der Waals surface area contributed by atoms with Crippen LogP contribution in [0.1, 0.15) is 34.1 Å². The summed E-state index contributed by atoms with van der Waals surface area (Å²) in [5, 5.41) is 9.85. The molecule has 0 saturated carbocycles. The van der Waals surface area contributed by atoms with E-state index in [2.05, 4.69) is 33.0 Å². The number of phenols is 1. The molecule has 0 unspecified atom stereocenters. The van der Waals surface area contributed by atoms with Crippen LogP contribution in [-0.4, -0.2) is 50.6 Å². The number of carbonyl (C=O) groups excluding carboxylic acids is 1. The normalized spacial score (nSPS) is 17.4. The number of guanidine groups is 1. The van der Waals surface area contributed by atoms with Gasteiger partial charge in [-0.05, 0) is 59.0 Å². The first-order valence-corrected chi connectivity index (χ1v) is 11.5. The van der Waals surface area contributed by atoms with E-state index in [9.17, 15) is 9.90 Å². The lowest BCUT2D eigenvalue weighted by atomic mass is 10.1. The second-order valence-electron chi connectivity index (χ2n) is 8.19. The number of halogens is 1. The van der Waals surface area contributed by atoms with Gasteiger partial charge >= 0.3 is 0 Å². The summed E-state index contributed by atoms with van der Waals surface area (Å²) in [7, 11) is 0. The first kappa shape index (κ1) is 20.8. The highest BCUT2D eigenvalue weighted by molar-refractivity contribution is 9.10. The molecule has 7 nitrogen and oxygen atoms in total. The third-order valence-electron chi connectivity index (χ3n) is 6.01. The third-order valence-corrected chi connectivity index (χ3v) is 6.62. The maximum absolute atomic E-state index is 13.5. The van der Waals surface area contributed by atoms with Crippen molar-refractivity contribution in [3.63, 3.8) is 0 Å². The van der Waals surface area contributed by atoms with E-state index in [-0.39, 0.29) is 17.7 Å². The monoisotopic (exact) mass is 493 g/mol. The molecule has 5 rings (SSSR count). The lowest BCUT2D eigenvalue weighted by molar-refractivity contribution is 0.0836. The number of hydrogen-bond donors (Lipinski definition) is 1. The molecule has 2 aliphatic heterocycles. The number of hydrogen-bond acceptors (Lipinski definition) is 5. The fraction of sp³-hybridized carbons (Fsp3) is 0.292. The quantitative estimate of drug-likeness (QED) is 0.583. The molecule has 2 aliphatic rings. The van der Waals surface area contributed by atoms with Crippen LogP contribution in [0.15, 0.2) is 58.3 Å². The van der Waals surface area contributed by atoms with Gasteiger partial charge in [0, 0.05) is 6.54 Å². The van der Waals surface area contributed by atoms with Crippen molar-refractivity contribution >= 4 is 33.6 Å². The van der Waals surface area contributed by atoms with Gasteiger partial charge < -0.3 is 9.67 Å². The molecule has 1 amide bonds. The van der Waals surface area contributed by atoms with Gasteiger partial charge in [-0.25, -0.2) is 9.98 Å². The zero-order valence-electron chi connectivity index (χ0n) is 18.0. The SMILES string of the molecule is CCN1C(=O)c2c(nc(Br)n2Cc2ccc(O)c(C)c2)N2C[C@@H](Cc3ccccc3)N=C12. The molecule has 3 heterocycles. The number of aromatic nitrogens is 2. The molecular weight excluding hydrogens is 470 g/mol. The minimum Gasteiger partial charge on any atom is -0.508 e. The summed E-state index contributed by atoms with van der Waals surface area (Å²) in [6.45, 7) is 5.52. The molecular formula is C24H24BrN5O2. The molecule has 1 aromatic heterocycles. The molecule has 0 fully saturated rings. The van der Waals surface area contributed by atoms with Crippen LogP contribution >= 0.6 is 15.9 Å². The van der Waals surface area contributed by atoms with Gasteiger partial charge in [-0.1, -0.05) is 42.5 Å². The number of amides is 1. The summed E-state index contributed by atoms with van der Waals surface area (Å²) >= 11 is 3.57. The third kappa shape index (κ3) is 3.48. The lowest BCUT2D eigenvalue weighted by Gasteiger charge is -2.33. The Morgan fingerprint density at radius 1 is 1.16 bits per heavy atom. The van der Waals surface area contributed by atoms with Crippen LogP contribution in [0, 0.1) is 6.92 Å². The molecule has 164 valence electrons. The standard InChI is InChI=1S/C24H24BrN5O2/c1-3-28-22(32)20-21(27-23(25)29(20)13-17-9-10-19(31)15(2)11-17)30-14-18(26-24(28)30)12-16-7-5-4-6-8-16/h4-11,18,31H,3,12-14H2,1-2H3/t18-/m1/s1. The number of aromatic hydroxyl groups is 1. The Morgan fingerprint density at radius 2 is 1.94 bits per heavy atom. The number of rotatable bonds is 5. The van der Waals surface area contributed by atoms with Gasteiger partial charge in [0.1, 0.15) is 5.75 Å². The van der Waals surface area contributed by atoms with Gasteiger partial charge in [0.25, 0.3) is 5.91 Å². The number of anilines is 1. The molecule has 0 saturated heterocycles. The molecule has 0 spiro atoms. The highest BCUT2D eigenvalue weighted by Gasteiger charge is 2.43. The number of phenolic OH excluding ortho intramolecular Hbond substituents is 1. The van der Waals surface area contributed by atoms with Crippen molar-refractivity contribution in [2.45, 2.75) is 32.9 Å². The Balaban J connectivity index is 1.50. The van der Waals surface area contributed by atoms with E-state index >= 15 is 0 Å². The number of benzene rings is 2. The summed E-state index contributed by atoms with van der Waals surface area (Å²) < 4.78 is 2.50. The summed E-state index contributed by atoms with van der Waals surface area (Å²) in [5.74, 6) is 1.50. The molecule has 1 N–H and O–H groups in total. The van der Waals surface area contributed by atoms with Gasteiger partial charge in [-0.2, -0.15) is 0 Å². The van der Waals surface area contributed by atoms with Gasteiger partial charge in [0.15, 0.2) is 16.2 Å². The second kappa shape index (κ2) is 8.09. The van der Waals surface area contributed by atoms with E-state index in [1.54, 1.807) is 11.0 Å². The number of aryl methyl sites for hydroxylation is 1. The van der Waals surface area contributed by atoms with Crippen molar-refractivity contribution in [3.8, 4) is 5.75 Å². The van der Waals surface area contributed by atoms with Crippen molar-refractivity contribution in [2.24, 2.45) is 4.99 Å². The maximum Gasteiger partial charge on any atom is 0.281 e. The van der Waals surface area contributed by atoms with Crippen molar-refractivity contribution in [3.05, 3.63) is 75.6 Å². The van der Waals surface area contributed by atoms with Crippen LogP contribution in [0.25, 0.3) is 0 Å². The molecule has 8 heteroatoms. The van der Waals surface area contributed by atoms with Crippen molar-refractivity contribution in [2.75, 3.05) is 18.0 Å². The molecule has 0 aliphatic carbocycles. The Morgan fingerprint density at radius 3 is 2.66 bits per heavy atom. The fourth-order valence-electron chi connectivity index (χ4n) is 4.42. The minimum atomic E-state index is -0.0911. The Bertz CT molecular complexity index is 1220. The molecule has 2 aromatic carbocycles. The highest BCUT2D eigenvalue weighted by atomic mass is 79.9. The maximum atomic E-state index is 13.5. The summed E-state index contributed by atoms with van der Waals surface area (Å²) in [6.07, 6.45) is 0.816. The topological polar surface area (TPSA) is 74.0 Å². The fourth-order valence-corrected chi connectivity index (χ4v) is 4.89. The van der Waals surface area contributed by atoms with Gasteiger partial charge in [-0.15, -0.1) is 0 Å². The number of carbonyl (C=O) groups is 1. The molecule has 32 heavy (non-hydrogen) atoms. The lowest BCUT2D eigenvalue weighted by Crippen LogP contribution is -2.50. The molecule has 0 radical (unpaired) electrons. The number of imidazole rings is 1.